The number of halogens is 1. The van der Waals surface area contributed by atoms with E-state index in [2.05, 4.69) is 33.2 Å². The van der Waals surface area contributed by atoms with Gasteiger partial charge >= 0.3 is 5.97 Å². The molecule has 1 heterocycles. The van der Waals surface area contributed by atoms with Gasteiger partial charge in [0.1, 0.15) is 5.54 Å². The third-order valence-corrected chi connectivity index (χ3v) is 5.27. The number of rotatable bonds is 6. The number of hydrogen-bond donors (Lipinski definition) is 2. The number of nitrogens with one attached hydrogen (secondary N) is 1. The molecule has 0 saturated heterocycles. The van der Waals surface area contributed by atoms with Crippen LogP contribution in [0, 0.1) is 0 Å². The molecule has 1 fully saturated rings. The topological polar surface area (TPSA) is 62.2 Å². The second kappa shape index (κ2) is 6.91. The van der Waals surface area contributed by atoms with Gasteiger partial charge in [-0.25, -0.2) is 4.98 Å². The Balaban J connectivity index is 1.99. The molecule has 6 heteroatoms. The van der Waals surface area contributed by atoms with Crippen molar-refractivity contribution >= 4 is 33.7 Å². The van der Waals surface area contributed by atoms with Crippen molar-refractivity contribution in [1.29, 1.82) is 0 Å². The van der Waals surface area contributed by atoms with Crippen LogP contribution >= 0.6 is 27.7 Å². The molecule has 2 N–H and O–H groups in total. The summed E-state index contributed by atoms with van der Waals surface area (Å²) in [6.07, 6.45) is 4.98. The second-order valence-corrected chi connectivity index (χ2v) is 7.35. The number of pyridine rings is 1. The average Bonchev–Trinajstić information content (AvgIpc) is 2.84. The maximum absolute atomic E-state index is 11.6. The molecule has 2 atom stereocenters. The summed E-state index contributed by atoms with van der Waals surface area (Å²) >= 11 is 5.04. The quantitative estimate of drug-likeness (QED) is 0.816. The molecule has 4 nitrogen and oxygen atoms in total. The Morgan fingerprint density at radius 1 is 1.65 bits per heavy atom. The molecule has 1 saturated carbocycles. The molecule has 0 amide bonds. The fourth-order valence-corrected chi connectivity index (χ4v) is 3.94. The fraction of sp³-hybridized carbons (Fsp3) is 0.571. The van der Waals surface area contributed by atoms with Gasteiger partial charge in [-0.2, -0.15) is 0 Å². The second-order valence-electron chi connectivity index (χ2n) is 5.11. The predicted octanol–water partition coefficient (Wildman–Crippen LogP) is 3.31. The molecule has 1 aliphatic carbocycles. The lowest BCUT2D eigenvalue weighted by molar-refractivity contribution is -0.144. The van der Waals surface area contributed by atoms with Gasteiger partial charge in [0.15, 0.2) is 0 Å². The van der Waals surface area contributed by atoms with Gasteiger partial charge in [-0.05, 0) is 60.3 Å². The van der Waals surface area contributed by atoms with Gasteiger partial charge in [0, 0.05) is 15.9 Å². The molecule has 110 valence electrons. The summed E-state index contributed by atoms with van der Waals surface area (Å²) in [7, 11) is 0. The SMILES string of the molecule is CCCNC1(C(=O)O)CCC(Sc2ccc(Br)cn2)C1. The number of thioether (sulfide) groups is 1. The Labute approximate surface area is 131 Å². The molecular formula is C14H19BrN2O2S. The molecule has 1 aromatic heterocycles. The van der Waals surface area contributed by atoms with E-state index in [9.17, 15) is 9.90 Å². The Morgan fingerprint density at radius 3 is 3.05 bits per heavy atom. The summed E-state index contributed by atoms with van der Waals surface area (Å²) in [6, 6.07) is 3.93. The van der Waals surface area contributed by atoms with E-state index in [1.165, 1.54) is 0 Å². The molecule has 20 heavy (non-hydrogen) atoms. The first-order chi connectivity index (χ1) is 9.55. The largest absolute Gasteiger partial charge is 0.480 e. The predicted molar refractivity (Wildman–Crippen MR) is 84.1 cm³/mol. The van der Waals surface area contributed by atoms with Crippen LogP contribution in [0.3, 0.4) is 0 Å². The summed E-state index contributed by atoms with van der Waals surface area (Å²) in [4.78, 5) is 15.9. The lowest BCUT2D eigenvalue weighted by atomic mass is 9.98. The average molecular weight is 359 g/mol. The van der Waals surface area contributed by atoms with Crippen LogP contribution in [0.2, 0.25) is 0 Å². The standard InChI is InChI=1S/C14H19BrN2O2S/c1-2-7-17-14(13(18)19)6-5-11(8-14)20-12-4-3-10(15)9-16-12/h3-4,9,11,17H,2,5-8H2,1H3,(H,18,19). The maximum atomic E-state index is 11.6. The highest BCUT2D eigenvalue weighted by Crippen LogP contribution is 2.40. The van der Waals surface area contributed by atoms with E-state index in [1.807, 2.05) is 12.1 Å². The van der Waals surface area contributed by atoms with E-state index in [4.69, 9.17) is 0 Å². The number of aromatic nitrogens is 1. The molecule has 0 aliphatic heterocycles. The summed E-state index contributed by atoms with van der Waals surface area (Å²) in [5.41, 5.74) is -0.747. The van der Waals surface area contributed by atoms with Crippen molar-refractivity contribution in [2.45, 2.75) is 48.4 Å². The highest BCUT2D eigenvalue weighted by molar-refractivity contribution is 9.10. The van der Waals surface area contributed by atoms with Crippen LogP contribution in [0.25, 0.3) is 0 Å². The van der Waals surface area contributed by atoms with Crippen molar-refractivity contribution in [2.24, 2.45) is 0 Å². The molecule has 0 aromatic carbocycles. The van der Waals surface area contributed by atoms with Crippen molar-refractivity contribution in [3.8, 4) is 0 Å². The molecule has 1 aliphatic rings. The normalized spacial score (nSPS) is 25.8. The maximum Gasteiger partial charge on any atom is 0.323 e. The van der Waals surface area contributed by atoms with Gasteiger partial charge in [0.25, 0.3) is 0 Å². The Bertz CT molecular complexity index is 469. The molecule has 0 spiro atoms. The van der Waals surface area contributed by atoms with Crippen LogP contribution < -0.4 is 5.32 Å². The number of carboxylic acids is 1. The van der Waals surface area contributed by atoms with E-state index in [0.29, 0.717) is 18.1 Å². The monoisotopic (exact) mass is 358 g/mol. The number of carboxylic acid groups (broad SMARTS) is 1. The van der Waals surface area contributed by atoms with Gasteiger partial charge in [0.05, 0.1) is 5.03 Å². The van der Waals surface area contributed by atoms with E-state index < -0.39 is 11.5 Å². The first kappa shape index (κ1) is 15.8. The number of nitrogens with zero attached hydrogens (tertiary/aromatic N) is 1. The third-order valence-electron chi connectivity index (χ3n) is 3.58. The molecule has 0 bridgehead atoms. The first-order valence-electron chi connectivity index (χ1n) is 6.82. The minimum absolute atomic E-state index is 0.309. The van der Waals surface area contributed by atoms with Gasteiger partial charge in [-0.3, -0.25) is 4.79 Å². The van der Waals surface area contributed by atoms with E-state index in [0.717, 1.165) is 28.9 Å². The van der Waals surface area contributed by atoms with Crippen LogP contribution in [-0.2, 0) is 4.79 Å². The summed E-state index contributed by atoms with van der Waals surface area (Å²) in [5, 5.41) is 14.0. The number of hydrogen-bond acceptors (Lipinski definition) is 4. The van der Waals surface area contributed by atoms with Gasteiger partial charge in [-0.15, -0.1) is 11.8 Å². The number of aliphatic carboxylic acids is 1. The summed E-state index contributed by atoms with van der Waals surface area (Å²) in [6.45, 7) is 2.80. The lowest BCUT2D eigenvalue weighted by Gasteiger charge is -2.25. The fourth-order valence-electron chi connectivity index (χ4n) is 2.50. The number of carbonyl (C=O) groups is 1. The van der Waals surface area contributed by atoms with Crippen LogP contribution in [0.1, 0.15) is 32.6 Å². The zero-order valence-corrected chi connectivity index (χ0v) is 13.8. The van der Waals surface area contributed by atoms with Crippen molar-refractivity contribution in [2.75, 3.05) is 6.54 Å². The minimum atomic E-state index is -0.747. The smallest absolute Gasteiger partial charge is 0.323 e. The van der Waals surface area contributed by atoms with Gasteiger partial charge in [0.2, 0.25) is 0 Å². The highest BCUT2D eigenvalue weighted by atomic mass is 79.9. The van der Waals surface area contributed by atoms with Crippen molar-refractivity contribution in [3.05, 3.63) is 22.8 Å². The lowest BCUT2D eigenvalue weighted by Crippen LogP contribution is -2.50. The van der Waals surface area contributed by atoms with Gasteiger partial charge < -0.3 is 10.4 Å². The summed E-state index contributed by atoms with van der Waals surface area (Å²) < 4.78 is 0.956. The van der Waals surface area contributed by atoms with E-state index >= 15 is 0 Å². The zero-order chi connectivity index (χ0) is 14.6. The van der Waals surface area contributed by atoms with Crippen molar-refractivity contribution in [1.82, 2.24) is 10.3 Å². The van der Waals surface area contributed by atoms with E-state index in [1.54, 1.807) is 18.0 Å². The van der Waals surface area contributed by atoms with Crippen LogP contribution in [0.4, 0.5) is 0 Å². The molecule has 1 aromatic rings. The van der Waals surface area contributed by atoms with Crippen LogP contribution in [0.5, 0.6) is 0 Å². The van der Waals surface area contributed by atoms with Crippen LogP contribution in [-0.4, -0.2) is 33.4 Å². The molecule has 0 radical (unpaired) electrons. The first-order valence-corrected chi connectivity index (χ1v) is 8.49. The molecular weight excluding hydrogens is 340 g/mol. The zero-order valence-electron chi connectivity index (χ0n) is 11.4. The Morgan fingerprint density at radius 2 is 2.45 bits per heavy atom. The van der Waals surface area contributed by atoms with E-state index in [-0.39, 0.29) is 0 Å². The molecule has 2 unspecified atom stereocenters. The third kappa shape index (κ3) is 3.74. The van der Waals surface area contributed by atoms with Crippen molar-refractivity contribution in [3.63, 3.8) is 0 Å². The van der Waals surface area contributed by atoms with Gasteiger partial charge in [-0.1, -0.05) is 6.92 Å². The van der Waals surface area contributed by atoms with Crippen molar-refractivity contribution < 1.29 is 9.90 Å². The Hall–Kier alpha value is -0.590. The summed E-state index contributed by atoms with van der Waals surface area (Å²) in [5.74, 6) is -0.724. The Kier molecular flexibility index (Phi) is 5.46. The molecule has 2 rings (SSSR count). The van der Waals surface area contributed by atoms with Crippen LogP contribution in [0.15, 0.2) is 27.8 Å². The minimum Gasteiger partial charge on any atom is -0.480 e. The highest BCUT2D eigenvalue weighted by Gasteiger charge is 2.45.